The number of nitrogens with one attached hydrogen (secondary N) is 1. The lowest BCUT2D eigenvalue weighted by atomic mass is 10.1. The van der Waals surface area contributed by atoms with Gasteiger partial charge in [0.1, 0.15) is 5.82 Å². The highest BCUT2D eigenvalue weighted by Crippen LogP contribution is 2.46. The second-order valence-electron chi connectivity index (χ2n) is 5.27. The fourth-order valence-corrected chi connectivity index (χ4v) is 2.59. The molecule has 3 rings (SSSR count). The molecular formula is C17H18FN. The summed E-state index contributed by atoms with van der Waals surface area (Å²) in [6.45, 7) is 1.86. The van der Waals surface area contributed by atoms with Crippen LogP contribution in [0.5, 0.6) is 0 Å². The topological polar surface area (TPSA) is 12.0 Å². The van der Waals surface area contributed by atoms with E-state index in [4.69, 9.17) is 0 Å². The average molecular weight is 255 g/mol. The first-order chi connectivity index (χ1) is 9.33. The Balaban J connectivity index is 1.44. The van der Waals surface area contributed by atoms with Gasteiger partial charge in [-0.1, -0.05) is 42.5 Å². The highest BCUT2D eigenvalue weighted by Gasteiger charge is 2.37. The van der Waals surface area contributed by atoms with Crippen LogP contribution in [0.2, 0.25) is 0 Å². The van der Waals surface area contributed by atoms with Gasteiger partial charge in [-0.15, -0.1) is 0 Å². The van der Waals surface area contributed by atoms with Crippen molar-refractivity contribution in [2.75, 3.05) is 6.54 Å². The van der Waals surface area contributed by atoms with Crippen LogP contribution in [0, 0.1) is 11.7 Å². The second-order valence-corrected chi connectivity index (χ2v) is 5.27. The monoisotopic (exact) mass is 255 g/mol. The molecule has 0 amide bonds. The van der Waals surface area contributed by atoms with Gasteiger partial charge < -0.3 is 5.32 Å². The molecule has 1 saturated carbocycles. The molecular weight excluding hydrogens is 237 g/mol. The summed E-state index contributed by atoms with van der Waals surface area (Å²) in [5, 5.41) is 3.46. The molecule has 0 aliphatic heterocycles. The van der Waals surface area contributed by atoms with Crippen molar-refractivity contribution >= 4 is 0 Å². The summed E-state index contributed by atoms with van der Waals surface area (Å²) in [4.78, 5) is 0. The summed E-state index contributed by atoms with van der Waals surface area (Å²) in [5.74, 6) is 1.31. The Labute approximate surface area is 113 Å². The van der Waals surface area contributed by atoms with Crippen LogP contribution >= 0.6 is 0 Å². The van der Waals surface area contributed by atoms with E-state index in [0.717, 1.165) is 30.5 Å². The van der Waals surface area contributed by atoms with E-state index in [9.17, 15) is 4.39 Å². The van der Waals surface area contributed by atoms with Crippen LogP contribution < -0.4 is 5.32 Å². The average Bonchev–Trinajstić information content (AvgIpc) is 3.22. The summed E-state index contributed by atoms with van der Waals surface area (Å²) in [7, 11) is 0. The van der Waals surface area contributed by atoms with E-state index in [1.165, 1.54) is 24.1 Å². The molecule has 2 aromatic carbocycles. The van der Waals surface area contributed by atoms with Gasteiger partial charge in [-0.3, -0.25) is 0 Å². The normalized spacial score (nSPS) is 21.3. The maximum Gasteiger partial charge on any atom is 0.123 e. The lowest BCUT2D eigenvalue weighted by Gasteiger charge is -2.05. The van der Waals surface area contributed by atoms with Crippen LogP contribution in [-0.2, 0) is 6.54 Å². The van der Waals surface area contributed by atoms with Gasteiger partial charge in [-0.2, -0.15) is 0 Å². The zero-order valence-electron chi connectivity index (χ0n) is 10.9. The summed E-state index contributed by atoms with van der Waals surface area (Å²) in [6.07, 6.45) is 1.28. The van der Waals surface area contributed by atoms with Gasteiger partial charge in [-0.05, 0) is 48.1 Å². The van der Waals surface area contributed by atoms with E-state index in [2.05, 4.69) is 35.6 Å². The Bertz CT molecular complexity index is 521. The van der Waals surface area contributed by atoms with Gasteiger partial charge in [0.15, 0.2) is 0 Å². The predicted molar refractivity (Wildman–Crippen MR) is 75.4 cm³/mol. The third kappa shape index (κ3) is 3.21. The molecule has 19 heavy (non-hydrogen) atoms. The molecule has 0 aromatic heterocycles. The first-order valence-electron chi connectivity index (χ1n) is 6.83. The fourth-order valence-electron chi connectivity index (χ4n) is 2.59. The molecule has 1 fully saturated rings. The lowest BCUT2D eigenvalue weighted by Crippen LogP contribution is -2.16. The quantitative estimate of drug-likeness (QED) is 0.858. The molecule has 0 heterocycles. The van der Waals surface area contributed by atoms with Crippen LogP contribution in [0.25, 0.3) is 0 Å². The third-order valence-electron chi connectivity index (χ3n) is 3.80. The maximum absolute atomic E-state index is 12.8. The molecule has 1 nitrogen and oxygen atoms in total. The first kappa shape index (κ1) is 12.4. The van der Waals surface area contributed by atoms with Gasteiger partial charge >= 0.3 is 0 Å². The Morgan fingerprint density at radius 2 is 1.74 bits per heavy atom. The molecule has 2 heteroatoms. The Kier molecular flexibility index (Phi) is 3.60. The van der Waals surface area contributed by atoms with Crippen LogP contribution in [-0.4, -0.2) is 6.54 Å². The number of benzene rings is 2. The van der Waals surface area contributed by atoms with E-state index >= 15 is 0 Å². The Morgan fingerprint density at radius 1 is 1.00 bits per heavy atom. The molecule has 0 radical (unpaired) electrons. The molecule has 2 atom stereocenters. The molecule has 2 aromatic rings. The first-order valence-corrected chi connectivity index (χ1v) is 6.83. The summed E-state index contributed by atoms with van der Waals surface area (Å²) >= 11 is 0. The minimum absolute atomic E-state index is 0.171. The minimum Gasteiger partial charge on any atom is -0.312 e. The fraction of sp³-hybridized carbons (Fsp3) is 0.294. The number of hydrogen-bond acceptors (Lipinski definition) is 1. The highest BCUT2D eigenvalue weighted by molar-refractivity contribution is 5.25. The molecule has 0 spiro atoms. The smallest absolute Gasteiger partial charge is 0.123 e. The standard InChI is InChI=1S/C17H18FN/c18-16-8-6-13(7-9-16)11-19-12-15-10-17(15)14-4-2-1-3-5-14/h1-9,15,17,19H,10-12H2. The van der Waals surface area contributed by atoms with Crippen molar-refractivity contribution in [3.05, 3.63) is 71.5 Å². The number of hydrogen-bond donors (Lipinski definition) is 1. The molecule has 98 valence electrons. The minimum atomic E-state index is -0.171. The van der Waals surface area contributed by atoms with Crippen molar-refractivity contribution in [1.29, 1.82) is 0 Å². The van der Waals surface area contributed by atoms with Gasteiger partial charge in [0.25, 0.3) is 0 Å². The number of halogens is 1. The number of rotatable bonds is 5. The molecule has 1 aliphatic rings. The predicted octanol–water partition coefficient (Wildman–Crippen LogP) is 3.72. The molecule has 1 aliphatic carbocycles. The van der Waals surface area contributed by atoms with Gasteiger partial charge in [0, 0.05) is 6.54 Å². The SMILES string of the molecule is Fc1ccc(CNCC2CC2c2ccccc2)cc1. The summed E-state index contributed by atoms with van der Waals surface area (Å²) in [6, 6.07) is 17.4. The van der Waals surface area contributed by atoms with E-state index < -0.39 is 0 Å². The maximum atomic E-state index is 12.8. The van der Waals surface area contributed by atoms with E-state index in [-0.39, 0.29) is 5.82 Å². The molecule has 0 saturated heterocycles. The van der Waals surface area contributed by atoms with Crippen LogP contribution in [0.4, 0.5) is 4.39 Å². The van der Waals surface area contributed by atoms with Crippen molar-refractivity contribution in [2.24, 2.45) is 5.92 Å². The van der Waals surface area contributed by atoms with Crippen molar-refractivity contribution in [2.45, 2.75) is 18.9 Å². The van der Waals surface area contributed by atoms with E-state index in [1.807, 2.05) is 12.1 Å². The molecule has 2 unspecified atom stereocenters. The van der Waals surface area contributed by atoms with E-state index in [0.29, 0.717) is 0 Å². The van der Waals surface area contributed by atoms with Crippen molar-refractivity contribution in [3.8, 4) is 0 Å². The molecule has 1 N–H and O–H groups in total. The lowest BCUT2D eigenvalue weighted by molar-refractivity contribution is 0.616. The summed E-state index contributed by atoms with van der Waals surface area (Å²) in [5.41, 5.74) is 2.59. The van der Waals surface area contributed by atoms with Gasteiger partial charge in [0.2, 0.25) is 0 Å². The van der Waals surface area contributed by atoms with Crippen LogP contribution in [0.15, 0.2) is 54.6 Å². The van der Waals surface area contributed by atoms with E-state index in [1.54, 1.807) is 0 Å². The van der Waals surface area contributed by atoms with Crippen LogP contribution in [0.1, 0.15) is 23.5 Å². The highest BCUT2D eigenvalue weighted by atomic mass is 19.1. The van der Waals surface area contributed by atoms with Crippen molar-refractivity contribution < 1.29 is 4.39 Å². The zero-order valence-corrected chi connectivity index (χ0v) is 10.9. The third-order valence-corrected chi connectivity index (χ3v) is 3.80. The zero-order chi connectivity index (χ0) is 13.1. The van der Waals surface area contributed by atoms with Crippen LogP contribution in [0.3, 0.4) is 0 Å². The van der Waals surface area contributed by atoms with Gasteiger partial charge in [-0.25, -0.2) is 4.39 Å². The largest absolute Gasteiger partial charge is 0.312 e. The Morgan fingerprint density at radius 3 is 2.47 bits per heavy atom. The van der Waals surface area contributed by atoms with Gasteiger partial charge in [0.05, 0.1) is 0 Å². The second kappa shape index (κ2) is 5.54. The van der Waals surface area contributed by atoms with Crippen molar-refractivity contribution in [3.63, 3.8) is 0 Å². The van der Waals surface area contributed by atoms with Crippen molar-refractivity contribution in [1.82, 2.24) is 5.32 Å². The molecule has 0 bridgehead atoms. The Hall–Kier alpha value is -1.67. The summed E-state index contributed by atoms with van der Waals surface area (Å²) < 4.78 is 12.8.